The van der Waals surface area contributed by atoms with Crippen LogP contribution in [0.1, 0.15) is 38.2 Å². The monoisotopic (exact) mass is 237 g/mol. The largest absolute Gasteiger partial charge is 0.462 e. The summed E-state index contributed by atoms with van der Waals surface area (Å²) in [6.45, 7) is 7.73. The maximum Gasteiger partial charge on any atom is 0.129 e. The number of hydrogen-bond acceptors (Lipinski definition) is 3. The van der Waals surface area contributed by atoms with Crippen molar-refractivity contribution in [2.75, 3.05) is 13.2 Å². The predicted molar refractivity (Wildman–Crippen MR) is 67.6 cm³/mol. The van der Waals surface area contributed by atoms with Crippen molar-refractivity contribution >= 4 is 0 Å². The summed E-state index contributed by atoms with van der Waals surface area (Å²) in [5, 5.41) is 3.36. The molecule has 1 N–H and O–H groups in total. The third-order valence-electron chi connectivity index (χ3n) is 2.86. The summed E-state index contributed by atoms with van der Waals surface area (Å²) >= 11 is 0. The Hall–Kier alpha value is -0.800. The first-order valence-corrected chi connectivity index (χ1v) is 6.60. The molecule has 1 aromatic heterocycles. The second-order valence-corrected chi connectivity index (χ2v) is 5.35. The molecule has 0 amide bonds. The van der Waals surface area contributed by atoms with Crippen LogP contribution < -0.4 is 5.32 Å². The Morgan fingerprint density at radius 2 is 2.12 bits per heavy atom. The molecule has 3 heteroatoms. The van der Waals surface area contributed by atoms with Crippen molar-refractivity contribution < 1.29 is 9.15 Å². The van der Waals surface area contributed by atoms with Gasteiger partial charge in [0.05, 0.1) is 6.54 Å². The molecule has 96 valence electrons. The number of hydrogen-bond donors (Lipinski definition) is 1. The lowest BCUT2D eigenvalue weighted by molar-refractivity contribution is 0.0963. The van der Waals surface area contributed by atoms with Crippen LogP contribution in [0.5, 0.6) is 0 Å². The highest BCUT2D eigenvalue weighted by Gasteiger charge is 2.21. The minimum atomic E-state index is 0.612. The van der Waals surface area contributed by atoms with Crippen LogP contribution in [0, 0.1) is 11.8 Å². The maximum atomic E-state index is 5.68. The van der Waals surface area contributed by atoms with E-state index in [1.165, 1.54) is 12.8 Å². The molecule has 0 aliphatic heterocycles. The predicted octanol–water partition coefficient (Wildman–Crippen LogP) is 2.95. The molecule has 0 aromatic carbocycles. The van der Waals surface area contributed by atoms with E-state index in [4.69, 9.17) is 9.15 Å². The molecule has 0 unspecified atom stereocenters. The van der Waals surface area contributed by atoms with Gasteiger partial charge in [-0.2, -0.15) is 0 Å². The first-order chi connectivity index (χ1) is 8.24. The van der Waals surface area contributed by atoms with Gasteiger partial charge in [0, 0.05) is 6.61 Å². The van der Waals surface area contributed by atoms with Crippen molar-refractivity contribution in [2.24, 2.45) is 11.8 Å². The summed E-state index contributed by atoms with van der Waals surface area (Å²) in [5.74, 6) is 3.42. The van der Waals surface area contributed by atoms with Gasteiger partial charge >= 0.3 is 0 Å². The van der Waals surface area contributed by atoms with Gasteiger partial charge in [-0.3, -0.25) is 0 Å². The molecule has 1 aliphatic carbocycles. The zero-order valence-electron chi connectivity index (χ0n) is 10.9. The third kappa shape index (κ3) is 4.92. The van der Waals surface area contributed by atoms with Gasteiger partial charge < -0.3 is 14.5 Å². The summed E-state index contributed by atoms with van der Waals surface area (Å²) in [7, 11) is 0. The second kappa shape index (κ2) is 6.22. The van der Waals surface area contributed by atoms with Gasteiger partial charge in [0.25, 0.3) is 0 Å². The molecular weight excluding hydrogens is 214 g/mol. The van der Waals surface area contributed by atoms with Crippen LogP contribution in [-0.4, -0.2) is 13.2 Å². The SMILES string of the molecule is CC(C)CNCc1ccc(COCC2CC2)o1. The molecule has 2 rings (SSSR count). The van der Waals surface area contributed by atoms with E-state index in [-0.39, 0.29) is 0 Å². The van der Waals surface area contributed by atoms with Crippen LogP contribution in [0.2, 0.25) is 0 Å². The summed E-state index contributed by atoms with van der Waals surface area (Å²) in [4.78, 5) is 0. The number of rotatable bonds is 8. The Morgan fingerprint density at radius 1 is 1.35 bits per heavy atom. The van der Waals surface area contributed by atoms with Gasteiger partial charge in [0.15, 0.2) is 0 Å². The van der Waals surface area contributed by atoms with E-state index in [2.05, 4.69) is 19.2 Å². The van der Waals surface area contributed by atoms with Gasteiger partial charge in [-0.1, -0.05) is 13.8 Å². The topological polar surface area (TPSA) is 34.4 Å². The van der Waals surface area contributed by atoms with Crippen LogP contribution in [0.25, 0.3) is 0 Å². The van der Waals surface area contributed by atoms with Crippen LogP contribution >= 0.6 is 0 Å². The minimum Gasteiger partial charge on any atom is -0.462 e. The summed E-state index contributed by atoms with van der Waals surface area (Å²) in [5.41, 5.74) is 0. The van der Waals surface area contributed by atoms with Crippen LogP contribution in [0.15, 0.2) is 16.5 Å². The molecule has 1 fully saturated rings. The Morgan fingerprint density at radius 3 is 2.82 bits per heavy atom. The first-order valence-electron chi connectivity index (χ1n) is 6.60. The van der Waals surface area contributed by atoms with Crippen molar-refractivity contribution in [3.05, 3.63) is 23.7 Å². The third-order valence-corrected chi connectivity index (χ3v) is 2.86. The van der Waals surface area contributed by atoms with Gasteiger partial charge in [-0.05, 0) is 43.4 Å². The van der Waals surface area contributed by atoms with Crippen LogP contribution in [-0.2, 0) is 17.9 Å². The summed E-state index contributed by atoms with van der Waals surface area (Å²) < 4.78 is 11.3. The lowest BCUT2D eigenvalue weighted by Gasteiger charge is -2.05. The summed E-state index contributed by atoms with van der Waals surface area (Å²) in [6.07, 6.45) is 2.67. The standard InChI is InChI=1S/C14H23NO2/c1-11(2)7-15-8-13-5-6-14(17-13)10-16-9-12-3-4-12/h5-6,11-12,15H,3-4,7-10H2,1-2H3. The van der Waals surface area contributed by atoms with Gasteiger partial charge in [-0.15, -0.1) is 0 Å². The van der Waals surface area contributed by atoms with Crippen molar-refractivity contribution in [3.8, 4) is 0 Å². The average Bonchev–Trinajstić information content (AvgIpc) is 2.98. The van der Waals surface area contributed by atoms with Gasteiger partial charge in [0.1, 0.15) is 18.1 Å². The lowest BCUT2D eigenvalue weighted by Crippen LogP contribution is -2.18. The number of nitrogens with one attached hydrogen (secondary N) is 1. The van der Waals surface area contributed by atoms with E-state index in [0.717, 1.165) is 37.1 Å². The highest BCUT2D eigenvalue weighted by Crippen LogP contribution is 2.29. The zero-order chi connectivity index (χ0) is 12.1. The van der Waals surface area contributed by atoms with E-state index in [1.54, 1.807) is 0 Å². The maximum absolute atomic E-state index is 5.68. The molecule has 17 heavy (non-hydrogen) atoms. The molecule has 1 saturated carbocycles. The molecule has 1 heterocycles. The fourth-order valence-corrected chi connectivity index (χ4v) is 1.69. The molecular formula is C14H23NO2. The van der Waals surface area contributed by atoms with Crippen molar-refractivity contribution in [1.82, 2.24) is 5.32 Å². The van der Waals surface area contributed by atoms with E-state index in [1.807, 2.05) is 12.1 Å². The Kier molecular flexibility index (Phi) is 4.63. The number of furan rings is 1. The Labute approximate surface area is 104 Å². The second-order valence-electron chi connectivity index (χ2n) is 5.35. The molecule has 0 saturated heterocycles. The van der Waals surface area contributed by atoms with E-state index in [0.29, 0.717) is 12.5 Å². The molecule has 0 spiro atoms. The molecule has 1 aliphatic rings. The van der Waals surface area contributed by atoms with Crippen molar-refractivity contribution in [3.63, 3.8) is 0 Å². The first kappa shape index (κ1) is 12.7. The molecule has 1 aromatic rings. The minimum absolute atomic E-state index is 0.612. The average molecular weight is 237 g/mol. The van der Waals surface area contributed by atoms with Crippen molar-refractivity contribution in [2.45, 2.75) is 39.8 Å². The molecule has 0 bridgehead atoms. The Balaban J connectivity index is 1.63. The quantitative estimate of drug-likeness (QED) is 0.755. The van der Waals surface area contributed by atoms with Crippen molar-refractivity contribution in [1.29, 1.82) is 0 Å². The van der Waals surface area contributed by atoms with Gasteiger partial charge in [-0.25, -0.2) is 0 Å². The fourth-order valence-electron chi connectivity index (χ4n) is 1.69. The molecule has 0 radical (unpaired) electrons. The zero-order valence-corrected chi connectivity index (χ0v) is 10.9. The summed E-state index contributed by atoms with van der Waals surface area (Å²) in [6, 6.07) is 4.04. The van der Waals surface area contributed by atoms with E-state index in [9.17, 15) is 0 Å². The highest BCUT2D eigenvalue weighted by molar-refractivity contribution is 5.06. The van der Waals surface area contributed by atoms with Crippen LogP contribution in [0.4, 0.5) is 0 Å². The van der Waals surface area contributed by atoms with Crippen LogP contribution in [0.3, 0.4) is 0 Å². The van der Waals surface area contributed by atoms with E-state index >= 15 is 0 Å². The number of ether oxygens (including phenoxy) is 1. The molecule has 3 nitrogen and oxygen atoms in total. The Bertz CT molecular complexity index is 306. The molecule has 0 atom stereocenters. The highest BCUT2D eigenvalue weighted by atomic mass is 16.5. The van der Waals surface area contributed by atoms with E-state index < -0.39 is 0 Å². The lowest BCUT2D eigenvalue weighted by atomic mass is 10.2. The van der Waals surface area contributed by atoms with Gasteiger partial charge in [0.2, 0.25) is 0 Å². The normalized spacial score (nSPS) is 15.7. The fraction of sp³-hybridized carbons (Fsp3) is 0.714. The smallest absolute Gasteiger partial charge is 0.129 e.